The van der Waals surface area contributed by atoms with Crippen molar-refractivity contribution in [2.45, 2.75) is 20.8 Å². The van der Waals surface area contributed by atoms with E-state index in [0.29, 0.717) is 19.8 Å². The van der Waals surface area contributed by atoms with Crippen LogP contribution in [0.15, 0.2) is 66.9 Å². The maximum absolute atomic E-state index is 11.3. The highest BCUT2D eigenvalue weighted by Crippen LogP contribution is 2.48. The van der Waals surface area contributed by atoms with Crippen LogP contribution < -0.4 is 0 Å². The van der Waals surface area contributed by atoms with E-state index in [1.807, 2.05) is 42.6 Å². The molecule has 0 fully saturated rings. The van der Waals surface area contributed by atoms with Gasteiger partial charge in [0.05, 0.1) is 25.5 Å². The van der Waals surface area contributed by atoms with Crippen LogP contribution in [0.25, 0.3) is 22.4 Å². The van der Waals surface area contributed by atoms with Gasteiger partial charge in [-0.1, -0.05) is 60.7 Å². The molecular weight excluding hydrogens is 375 g/mol. The number of aromatic amines is 1. The summed E-state index contributed by atoms with van der Waals surface area (Å²) in [6.45, 7) is 6.21. The van der Waals surface area contributed by atoms with Gasteiger partial charge in [0.25, 0.3) is 0 Å². The van der Waals surface area contributed by atoms with Gasteiger partial charge in [-0.15, -0.1) is 0 Å². The van der Waals surface area contributed by atoms with Crippen LogP contribution in [0.4, 0.5) is 0 Å². The second-order valence-electron chi connectivity index (χ2n) is 5.58. The minimum Gasteiger partial charge on any atom is -0.287 e. The molecule has 0 atom stereocenters. The zero-order chi connectivity index (χ0) is 20.2. The van der Waals surface area contributed by atoms with Crippen LogP contribution in [0, 0.1) is 0 Å². The molecule has 1 N–H and O–H groups in total. The summed E-state index contributed by atoms with van der Waals surface area (Å²) in [5, 5.41) is 7.28. The smallest absolute Gasteiger partial charge is 0.287 e. The summed E-state index contributed by atoms with van der Waals surface area (Å²) >= 11 is 0. The van der Waals surface area contributed by atoms with Crippen molar-refractivity contribution in [1.82, 2.24) is 10.2 Å². The highest BCUT2D eigenvalue weighted by atomic mass is 31.2. The van der Waals surface area contributed by atoms with Gasteiger partial charge in [-0.25, -0.2) is 4.57 Å². The zero-order valence-corrected chi connectivity index (χ0v) is 17.4. The van der Waals surface area contributed by atoms with Crippen LogP contribution in [-0.4, -0.2) is 30.0 Å². The fraction of sp³-hybridized carbons (Fsp3) is 0.286. The molecule has 0 aliphatic carbocycles. The second kappa shape index (κ2) is 11.6. The molecule has 150 valence electrons. The Kier molecular flexibility index (Phi) is 9.11. The zero-order valence-electron chi connectivity index (χ0n) is 16.5. The Labute approximate surface area is 166 Å². The highest BCUT2D eigenvalue weighted by molar-refractivity contribution is 7.48. The van der Waals surface area contributed by atoms with Crippen molar-refractivity contribution in [2.75, 3.05) is 19.8 Å². The molecule has 0 radical (unpaired) electrons. The number of phosphoric ester groups is 1. The summed E-state index contributed by atoms with van der Waals surface area (Å²) in [4.78, 5) is 0. The number of benzene rings is 2. The summed E-state index contributed by atoms with van der Waals surface area (Å²) in [5.41, 5.74) is 4.45. The molecule has 0 saturated carbocycles. The molecule has 2 aromatic carbocycles. The first kappa shape index (κ1) is 22.1. The Balaban J connectivity index is 0.000000224. The SMILES string of the molecule is CCOP(=O)(OCC)OCC.c1ccc(-c2c[nH]nc2-c2ccccc2)cc1. The van der Waals surface area contributed by atoms with Crippen molar-refractivity contribution in [1.29, 1.82) is 0 Å². The van der Waals surface area contributed by atoms with Crippen LogP contribution in [0.5, 0.6) is 0 Å². The minimum absolute atomic E-state index is 0.331. The van der Waals surface area contributed by atoms with Gasteiger partial charge in [-0.3, -0.25) is 18.7 Å². The Bertz CT molecular complexity index is 775. The lowest BCUT2D eigenvalue weighted by atomic mass is 10.0. The van der Waals surface area contributed by atoms with Crippen LogP contribution in [-0.2, 0) is 18.1 Å². The summed E-state index contributed by atoms with van der Waals surface area (Å²) in [6, 6.07) is 20.5. The van der Waals surface area contributed by atoms with Crippen LogP contribution >= 0.6 is 7.82 Å². The monoisotopic (exact) mass is 402 g/mol. The molecule has 3 rings (SSSR count). The average molecular weight is 402 g/mol. The molecule has 0 spiro atoms. The molecule has 0 unspecified atom stereocenters. The van der Waals surface area contributed by atoms with Crippen molar-refractivity contribution in [3.05, 3.63) is 66.9 Å². The van der Waals surface area contributed by atoms with E-state index < -0.39 is 7.82 Å². The van der Waals surface area contributed by atoms with Crippen molar-refractivity contribution >= 4 is 7.82 Å². The molecular formula is C21H27N2O4P. The second-order valence-corrected chi connectivity index (χ2v) is 7.25. The van der Waals surface area contributed by atoms with Gasteiger partial charge in [0, 0.05) is 17.3 Å². The lowest BCUT2D eigenvalue weighted by Crippen LogP contribution is -1.99. The summed E-state index contributed by atoms with van der Waals surface area (Å²) < 4.78 is 25.8. The van der Waals surface area contributed by atoms with Crippen LogP contribution in [0.3, 0.4) is 0 Å². The lowest BCUT2D eigenvalue weighted by Gasteiger charge is -2.14. The van der Waals surface area contributed by atoms with E-state index in [1.165, 1.54) is 5.56 Å². The Morgan fingerprint density at radius 1 is 0.786 bits per heavy atom. The van der Waals surface area contributed by atoms with E-state index in [-0.39, 0.29) is 0 Å². The first-order chi connectivity index (χ1) is 13.6. The lowest BCUT2D eigenvalue weighted by molar-refractivity contribution is 0.126. The third-order valence-electron chi connectivity index (χ3n) is 3.63. The van der Waals surface area contributed by atoms with E-state index in [0.717, 1.165) is 16.8 Å². The number of nitrogens with zero attached hydrogens (tertiary/aromatic N) is 1. The molecule has 3 aromatic rings. The third kappa shape index (κ3) is 6.43. The van der Waals surface area contributed by atoms with Gasteiger partial charge < -0.3 is 0 Å². The summed E-state index contributed by atoms with van der Waals surface area (Å²) in [7, 11) is -3.22. The van der Waals surface area contributed by atoms with Gasteiger partial charge >= 0.3 is 7.82 Å². The van der Waals surface area contributed by atoms with Crippen molar-refractivity contribution in [3.8, 4) is 22.4 Å². The molecule has 7 heteroatoms. The largest absolute Gasteiger partial charge is 0.474 e. The molecule has 6 nitrogen and oxygen atoms in total. The van der Waals surface area contributed by atoms with Gasteiger partial charge in [-0.05, 0) is 26.3 Å². The first-order valence-corrected chi connectivity index (χ1v) is 10.8. The molecule has 0 bridgehead atoms. The van der Waals surface area contributed by atoms with Gasteiger partial charge in [0.2, 0.25) is 0 Å². The predicted octanol–water partition coefficient (Wildman–Crippen LogP) is 5.95. The normalized spacial score (nSPS) is 11.0. The number of H-pyrrole nitrogens is 1. The molecule has 0 saturated heterocycles. The fourth-order valence-corrected chi connectivity index (χ4v) is 3.70. The molecule has 0 aliphatic heterocycles. The van der Waals surface area contributed by atoms with Gasteiger partial charge in [-0.2, -0.15) is 5.10 Å². The number of hydrogen-bond acceptors (Lipinski definition) is 5. The molecule has 1 aromatic heterocycles. The third-order valence-corrected chi connectivity index (χ3v) is 5.36. The number of rotatable bonds is 8. The number of nitrogens with one attached hydrogen (secondary N) is 1. The van der Waals surface area contributed by atoms with Crippen LogP contribution in [0.2, 0.25) is 0 Å². The van der Waals surface area contributed by atoms with Crippen molar-refractivity contribution in [3.63, 3.8) is 0 Å². The quantitative estimate of drug-likeness (QED) is 0.472. The number of phosphoric acid groups is 1. The Hall–Kier alpha value is -2.24. The van der Waals surface area contributed by atoms with E-state index in [1.54, 1.807) is 20.8 Å². The van der Waals surface area contributed by atoms with Crippen LogP contribution in [0.1, 0.15) is 20.8 Å². The number of aromatic nitrogens is 2. The number of hydrogen-bond donors (Lipinski definition) is 1. The van der Waals surface area contributed by atoms with Gasteiger partial charge in [0.15, 0.2) is 0 Å². The molecule has 1 heterocycles. The van der Waals surface area contributed by atoms with E-state index in [2.05, 4.69) is 34.5 Å². The fourth-order valence-electron chi connectivity index (χ4n) is 2.53. The highest BCUT2D eigenvalue weighted by Gasteiger charge is 2.23. The average Bonchev–Trinajstić information content (AvgIpc) is 3.20. The van der Waals surface area contributed by atoms with E-state index in [9.17, 15) is 4.57 Å². The maximum atomic E-state index is 11.3. The minimum atomic E-state index is -3.22. The predicted molar refractivity (Wildman–Crippen MR) is 112 cm³/mol. The van der Waals surface area contributed by atoms with Gasteiger partial charge in [0.1, 0.15) is 0 Å². The Morgan fingerprint density at radius 2 is 1.25 bits per heavy atom. The molecule has 0 aliphatic rings. The maximum Gasteiger partial charge on any atom is 0.474 e. The Morgan fingerprint density at radius 3 is 1.71 bits per heavy atom. The molecule has 28 heavy (non-hydrogen) atoms. The summed E-state index contributed by atoms with van der Waals surface area (Å²) in [6.07, 6.45) is 1.94. The molecule has 0 amide bonds. The summed E-state index contributed by atoms with van der Waals surface area (Å²) in [5.74, 6) is 0. The van der Waals surface area contributed by atoms with E-state index in [4.69, 9.17) is 13.6 Å². The van der Waals surface area contributed by atoms with Crippen molar-refractivity contribution in [2.24, 2.45) is 0 Å². The standard InChI is InChI=1S/C15H12N2.C6H15O4P/c1-3-7-12(8-4-1)14-11-16-17-15(14)13-9-5-2-6-10-13;1-4-8-11(7,9-5-2)10-6-3/h1-11H,(H,16,17);4-6H2,1-3H3. The van der Waals surface area contributed by atoms with Crippen molar-refractivity contribution < 1.29 is 18.1 Å². The van der Waals surface area contributed by atoms with E-state index >= 15 is 0 Å². The first-order valence-electron chi connectivity index (χ1n) is 9.31. The topological polar surface area (TPSA) is 73.4 Å².